The number of carbonyl (C=O) groups is 2. The van der Waals surface area contributed by atoms with E-state index in [4.69, 9.17) is 4.74 Å². The number of nitrogens with zero attached hydrogens (tertiary/aromatic N) is 1. The second kappa shape index (κ2) is 8.40. The van der Waals surface area contributed by atoms with E-state index in [1.165, 1.54) is 0 Å². The van der Waals surface area contributed by atoms with Crippen molar-refractivity contribution < 1.29 is 14.3 Å². The fourth-order valence-electron chi connectivity index (χ4n) is 3.32. The first-order valence-electron chi connectivity index (χ1n) is 9.31. The van der Waals surface area contributed by atoms with Crippen LogP contribution in [0.1, 0.15) is 10.4 Å². The zero-order valence-electron chi connectivity index (χ0n) is 15.7. The predicted molar refractivity (Wildman–Crippen MR) is 115 cm³/mol. The summed E-state index contributed by atoms with van der Waals surface area (Å²) in [7, 11) is 0. The molecule has 0 unspecified atom stereocenters. The predicted octanol–water partition coefficient (Wildman–Crippen LogP) is 5.40. The number of fused-ring (bicyclic) bond motifs is 1. The van der Waals surface area contributed by atoms with Gasteiger partial charge in [-0.05, 0) is 41.1 Å². The Morgan fingerprint density at radius 3 is 1.97 bits per heavy atom. The van der Waals surface area contributed by atoms with Gasteiger partial charge in [-0.3, -0.25) is 14.5 Å². The highest BCUT2D eigenvalue weighted by Gasteiger charge is 2.19. The van der Waals surface area contributed by atoms with Crippen molar-refractivity contribution in [3.63, 3.8) is 0 Å². The van der Waals surface area contributed by atoms with Gasteiger partial charge in [0.25, 0.3) is 5.91 Å². The Morgan fingerprint density at radius 1 is 0.759 bits per heavy atom. The summed E-state index contributed by atoms with van der Waals surface area (Å²) in [5, 5.41) is 1.75. The Hall–Kier alpha value is -3.92. The fraction of sp³-hybridized carbons (Fsp3) is 0.0400. The topological polar surface area (TPSA) is 46.6 Å². The van der Waals surface area contributed by atoms with Crippen LogP contribution in [0, 0.1) is 0 Å². The van der Waals surface area contributed by atoms with E-state index in [-0.39, 0.29) is 12.5 Å². The molecule has 0 saturated carbocycles. The molecule has 0 aromatic heterocycles. The molecule has 0 saturated heterocycles. The lowest BCUT2D eigenvalue weighted by Crippen LogP contribution is -2.31. The van der Waals surface area contributed by atoms with E-state index >= 15 is 0 Å². The van der Waals surface area contributed by atoms with Gasteiger partial charge < -0.3 is 4.74 Å². The van der Waals surface area contributed by atoms with Crippen LogP contribution in [-0.4, -0.2) is 18.8 Å². The van der Waals surface area contributed by atoms with Gasteiger partial charge >= 0.3 is 0 Å². The molecule has 4 nitrogen and oxygen atoms in total. The summed E-state index contributed by atoms with van der Waals surface area (Å²) >= 11 is 0. The molecule has 0 aliphatic rings. The van der Waals surface area contributed by atoms with Crippen LogP contribution < -0.4 is 9.64 Å². The number of aldehydes is 1. The van der Waals surface area contributed by atoms with Crippen LogP contribution in [0.15, 0.2) is 97.1 Å². The summed E-state index contributed by atoms with van der Waals surface area (Å²) in [6.45, 7) is -0.191. The molecular formula is C25H19NO3. The maximum Gasteiger partial charge on any atom is 0.269 e. The van der Waals surface area contributed by atoms with Crippen LogP contribution in [0.3, 0.4) is 0 Å². The zero-order valence-corrected chi connectivity index (χ0v) is 15.7. The van der Waals surface area contributed by atoms with Gasteiger partial charge in [0.05, 0.1) is 5.56 Å². The second-order valence-corrected chi connectivity index (χ2v) is 6.51. The van der Waals surface area contributed by atoms with E-state index in [0.29, 0.717) is 11.3 Å². The monoisotopic (exact) mass is 381 g/mol. The maximum absolute atomic E-state index is 13.1. The van der Waals surface area contributed by atoms with Crippen molar-refractivity contribution in [1.29, 1.82) is 0 Å². The molecule has 0 spiro atoms. The lowest BCUT2D eigenvalue weighted by molar-refractivity contribution is -0.119. The first-order valence-corrected chi connectivity index (χ1v) is 9.31. The molecule has 0 heterocycles. The van der Waals surface area contributed by atoms with E-state index in [0.717, 1.165) is 28.4 Å². The number of anilines is 2. The average Bonchev–Trinajstić information content (AvgIpc) is 2.79. The third-order valence-corrected chi connectivity index (χ3v) is 4.68. The van der Waals surface area contributed by atoms with Crippen LogP contribution in [0.4, 0.5) is 11.4 Å². The van der Waals surface area contributed by atoms with Crippen LogP contribution in [0.2, 0.25) is 0 Å². The van der Waals surface area contributed by atoms with E-state index in [1.54, 1.807) is 11.0 Å². The van der Waals surface area contributed by atoms with Gasteiger partial charge in [-0.2, -0.15) is 0 Å². The van der Waals surface area contributed by atoms with E-state index in [2.05, 4.69) is 0 Å². The minimum atomic E-state index is -0.229. The fourth-order valence-corrected chi connectivity index (χ4v) is 3.32. The Kier molecular flexibility index (Phi) is 5.34. The lowest BCUT2D eigenvalue weighted by atomic mass is 10.0. The van der Waals surface area contributed by atoms with E-state index in [9.17, 15) is 9.59 Å². The normalized spacial score (nSPS) is 10.5. The van der Waals surface area contributed by atoms with Crippen molar-refractivity contribution in [2.75, 3.05) is 11.5 Å². The van der Waals surface area contributed by atoms with Crippen molar-refractivity contribution >= 4 is 34.3 Å². The number of rotatable bonds is 6. The van der Waals surface area contributed by atoms with Gasteiger partial charge in [0.1, 0.15) is 5.75 Å². The van der Waals surface area contributed by atoms with Crippen LogP contribution in [-0.2, 0) is 4.79 Å². The van der Waals surface area contributed by atoms with Crippen molar-refractivity contribution in [1.82, 2.24) is 0 Å². The van der Waals surface area contributed by atoms with Gasteiger partial charge in [0, 0.05) is 11.4 Å². The standard InChI is InChI=1S/C25H19NO3/c27-17-23-22-14-8-7-9-19(22)15-16-24(23)29-18-25(28)26(20-10-3-1-4-11-20)21-12-5-2-6-13-21/h1-17H,18H2. The number of para-hydroxylation sites is 2. The third-order valence-electron chi connectivity index (χ3n) is 4.68. The molecule has 0 aliphatic carbocycles. The molecule has 4 aromatic rings. The van der Waals surface area contributed by atoms with E-state index < -0.39 is 0 Å². The molecule has 4 rings (SSSR count). The summed E-state index contributed by atoms with van der Waals surface area (Å²) in [6, 6.07) is 30.0. The summed E-state index contributed by atoms with van der Waals surface area (Å²) in [5.41, 5.74) is 1.95. The van der Waals surface area contributed by atoms with Gasteiger partial charge in [-0.25, -0.2) is 0 Å². The molecule has 1 amide bonds. The Balaban J connectivity index is 1.62. The number of benzene rings is 4. The van der Waals surface area contributed by atoms with Crippen LogP contribution in [0.5, 0.6) is 5.75 Å². The summed E-state index contributed by atoms with van der Waals surface area (Å²) < 4.78 is 5.80. The molecule has 29 heavy (non-hydrogen) atoms. The van der Waals surface area contributed by atoms with Crippen LogP contribution in [0.25, 0.3) is 10.8 Å². The Labute approximate surface area is 169 Å². The molecule has 0 fully saturated rings. The summed E-state index contributed by atoms with van der Waals surface area (Å²) in [4.78, 5) is 26.4. The molecule has 4 aromatic carbocycles. The second-order valence-electron chi connectivity index (χ2n) is 6.51. The number of hydrogen-bond acceptors (Lipinski definition) is 3. The van der Waals surface area contributed by atoms with Gasteiger partial charge in [0.2, 0.25) is 0 Å². The molecule has 0 radical (unpaired) electrons. The summed E-state index contributed by atoms with van der Waals surface area (Å²) in [6.07, 6.45) is 0.772. The maximum atomic E-state index is 13.1. The molecule has 142 valence electrons. The van der Waals surface area contributed by atoms with Gasteiger partial charge in [-0.15, -0.1) is 0 Å². The van der Waals surface area contributed by atoms with Crippen molar-refractivity contribution in [2.45, 2.75) is 0 Å². The Bertz CT molecular complexity index is 1100. The average molecular weight is 381 g/mol. The molecule has 4 heteroatoms. The molecule has 0 N–H and O–H groups in total. The number of hydrogen-bond donors (Lipinski definition) is 0. The first kappa shape index (κ1) is 18.4. The number of carbonyl (C=O) groups excluding carboxylic acids is 2. The largest absolute Gasteiger partial charge is 0.483 e. The third kappa shape index (κ3) is 3.87. The Morgan fingerprint density at radius 2 is 1.34 bits per heavy atom. The smallest absolute Gasteiger partial charge is 0.269 e. The molecule has 0 aliphatic heterocycles. The highest BCUT2D eigenvalue weighted by molar-refractivity contribution is 6.02. The van der Waals surface area contributed by atoms with Crippen molar-refractivity contribution in [3.8, 4) is 5.75 Å². The zero-order chi connectivity index (χ0) is 20.1. The van der Waals surface area contributed by atoms with Gasteiger partial charge in [0.15, 0.2) is 12.9 Å². The van der Waals surface area contributed by atoms with Crippen molar-refractivity contribution in [2.24, 2.45) is 0 Å². The quantitative estimate of drug-likeness (QED) is 0.420. The van der Waals surface area contributed by atoms with Crippen molar-refractivity contribution in [3.05, 3.63) is 103 Å². The first-order chi connectivity index (χ1) is 14.3. The molecule has 0 atom stereocenters. The minimum absolute atomic E-state index is 0.191. The number of ether oxygens (including phenoxy) is 1. The number of amides is 1. The van der Waals surface area contributed by atoms with Crippen LogP contribution >= 0.6 is 0 Å². The van der Waals surface area contributed by atoms with Gasteiger partial charge in [-0.1, -0.05) is 66.7 Å². The molecular weight excluding hydrogens is 362 g/mol. The minimum Gasteiger partial charge on any atom is -0.483 e. The highest BCUT2D eigenvalue weighted by atomic mass is 16.5. The summed E-state index contributed by atoms with van der Waals surface area (Å²) in [5.74, 6) is 0.167. The SMILES string of the molecule is O=Cc1c(OCC(=O)N(c2ccccc2)c2ccccc2)ccc2ccccc12. The lowest BCUT2D eigenvalue weighted by Gasteiger charge is -2.23. The molecule has 0 bridgehead atoms. The highest BCUT2D eigenvalue weighted by Crippen LogP contribution is 2.28. The van der Waals surface area contributed by atoms with E-state index in [1.807, 2.05) is 91.0 Å².